The number of ether oxygens (including phenoxy) is 2. The molecule has 0 aliphatic carbocycles. The molecule has 1 atom stereocenters. The third kappa shape index (κ3) is 3.59. The normalized spacial score (nSPS) is 12.0. The lowest BCUT2D eigenvalue weighted by Crippen LogP contribution is -2.02. The molecule has 0 heterocycles. The highest BCUT2D eigenvalue weighted by molar-refractivity contribution is 9.09. The van der Waals surface area contributed by atoms with Crippen molar-refractivity contribution in [2.45, 2.75) is 25.6 Å². The van der Waals surface area contributed by atoms with Gasteiger partial charge in [-0.05, 0) is 32.9 Å². The molecule has 21 heavy (non-hydrogen) atoms. The number of hydrogen-bond donors (Lipinski definition) is 0. The third-order valence-electron chi connectivity index (χ3n) is 3.40. The number of alkyl halides is 1. The van der Waals surface area contributed by atoms with Gasteiger partial charge in [0.15, 0.2) is 0 Å². The number of halogens is 1. The first kappa shape index (κ1) is 15.9. The van der Waals surface area contributed by atoms with E-state index in [1.807, 2.05) is 19.1 Å². The molecule has 3 heteroatoms. The van der Waals surface area contributed by atoms with Gasteiger partial charge in [-0.1, -0.05) is 51.3 Å². The fraction of sp³-hybridized carbons (Fsp3) is 0.333. The van der Waals surface area contributed by atoms with E-state index in [1.165, 1.54) is 11.1 Å². The molecular formula is C18H21BrO2. The lowest BCUT2D eigenvalue weighted by atomic mass is 9.99. The van der Waals surface area contributed by atoms with Crippen LogP contribution in [0.5, 0.6) is 11.5 Å². The van der Waals surface area contributed by atoms with Gasteiger partial charge in [-0.3, -0.25) is 0 Å². The van der Waals surface area contributed by atoms with Crippen LogP contribution in [-0.2, 0) is 0 Å². The predicted molar refractivity (Wildman–Crippen MR) is 90.8 cm³/mol. The van der Waals surface area contributed by atoms with Crippen LogP contribution in [0.25, 0.3) is 0 Å². The number of aryl methyl sites for hydroxylation is 2. The molecule has 0 aliphatic heterocycles. The zero-order valence-electron chi connectivity index (χ0n) is 12.9. The van der Waals surface area contributed by atoms with Crippen molar-refractivity contribution in [3.05, 3.63) is 58.7 Å². The highest BCUT2D eigenvalue weighted by Gasteiger charge is 2.19. The first-order chi connectivity index (χ1) is 10.1. The fourth-order valence-electron chi connectivity index (χ4n) is 2.37. The van der Waals surface area contributed by atoms with E-state index >= 15 is 0 Å². The van der Waals surface area contributed by atoms with Crippen LogP contribution in [0.2, 0.25) is 0 Å². The average Bonchev–Trinajstić information content (AvgIpc) is 2.48. The van der Waals surface area contributed by atoms with E-state index in [0.717, 1.165) is 22.6 Å². The van der Waals surface area contributed by atoms with Crippen LogP contribution in [0.15, 0.2) is 36.4 Å². The van der Waals surface area contributed by atoms with Crippen LogP contribution in [-0.4, -0.2) is 13.7 Å². The van der Waals surface area contributed by atoms with Gasteiger partial charge in [-0.25, -0.2) is 0 Å². The zero-order chi connectivity index (χ0) is 15.4. The molecule has 2 aromatic carbocycles. The van der Waals surface area contributed by atoms with Gasteiger partial charge in [0.2, 0.25) is 0 Å². The van der Waals surface area contributed by atoms with Crippen molar-refractivity contribution in [2.24, 2.45) is 0 Å². The zero-order valence-corrected chi connectivity index (χ0v) is 14.5. The first-order valence-corrected chi connectivity index (χ1v) is 8.00. The number of methoxy groups -OCH3 is 1. The van der Waals surface area contributed by atoms with Crippen molar-refractivity contribution in [3.63, 3.8) is 0 Å². The number of benzene rings is 2. The Balaban J connectivity index is 2.51. The van der Waals surface area contributed by atoms with Gasteiger partial charge in [0.1, 0.15) is 11.5 Å². The highest BCUT2D eigenvalue weighted by atomic mass is 79.9. The summed E-state index contributed by atoms with van der Waals surface area (Å²) in [6, 6.07) is 12.5. The maximum absolute atomic E-state index is 5.77. The molecule has 0 bridgehead atoms. The van der Waals surface area contributed by atoms with Crippen LogP contribution in [0.1, 0.15) is 34.0 Å². The lowest BCUT2D eigenvalue weighted by Gasteiger charge is -2.19. The van der Waals surface area contributed by atoms with Gasteiger partial charge >= 0.3 is 0 Å². The molecule has 0 spiro atoms. The summed E-state index contributed by atoms with van der Waals surface area (Å²) in [7, 11) is 1.70. The van der Waals surface area contributed by atoms with Crippen LogP contribution in [0.3, 0.4) is 0 Å². The summed E-state index contributed by atoms with van der Waals surface area (Å²) < 4.78 is 11.3. The van der Waals surface area contributed by atoms with E-state index in [1.54, 1.807) is 7.11 Å². The van der Waals surface area contributed by atoms with Crippen molar-refractivity contribution < 1.29 is 9.47 Å². The molecule has 0 radical (unpaired) electrons. The van der Waals surface area contributed by atoms with Crippen LogP contribution in [0.4, 0.5) is 0 Å². The highest BCUT2D eigenvalue weighted by Crippen LogP contribution is 2.41. The number of hydrogen-bond acceptors (Lipinski definition) is 2. The summed E-state index contributed by atoms with van der Waals surface area (Å²) in [6.07, 6.45) is 0. The van der Waals surface area contributed by atoms with E-state index in [9.17, 15) is 0 Å². The van der Waals surface area contributed by atoms with Crippen LogP contribution < -0.4 is 9.47 Å². The molecule has 0 fully saturated rings. The van der Waals surface area contributed by atoms with Crippen molar-refractivity contribution in [2.75, 3.05) is 13.7 Å². The van der Waals surface area contributed by atoms with Gasteiger partial charge in [0.05, 0.1) is 18.5 Å². The van der Waals surface area contributed by atoms with E-state index < -0.39 is 0 Å². The van der Waals surface area contributed by atoms with Crippen molar-refractivity contribution in [1.29, 1.82) is 0 Å². The Labute approximate surface area is 135 Å². The molecular weight excluding hydrogens is 328 g/mol. The molecule has 0 saturated heterocycles. The van der Waals surface area contributed by atoms with Gasteiger partial charge in [0.25, 0.3) is 0 Å². The molecule has 0 aliphatic rings. The third-order valence-corrected chi connectivity index (χ3v) is 4.38. The Morgan fingerprint density at radius 2 is 1.48 bits per heavy atom. The smallest absolute Gasteiger partial charge is 0.123 e. The summed E-state index contributed by atoms with van der Waals surface area (Å²) >= 11 is 3.81. The van der Waals surface area contributed by atoms with E-state index in [-0.39, 0.29) is 4.83 Å². The summed E-state index contributed by atoms with van der Waals surface area (Å²) in [5.74, 6) is 1.79. The molecule has 0 amide bonds. The molecule has 1 unspecified atom stereocenters. The van der Waals surface area contributed by atoms with Gasteiger partial charge in [-0.15, -0.1) is 0 Å². The lowest BCUT2D eigenvalue weighted by molar-refractivity contribution is 0.336. The van der Waals surface area contributed by atoms with Crippen molar-refractivity contribution >= 4 is 15.9 Å². The second kappa shape index (κ2) is 6.99. The Morgan fingerprint density at radius 1 is 0.952 bits per heavy atom. The average molecular weight is 349 g/mol. The largest absolute Gasteiger partial charge is 0.496 e. The van der Waals surface area contributed by atoms with Gasteiger partial charge in [-0.2, -0.15) is 0 Å². The minimum absolute atomic E-state index is 0.0359. The Kier molecular flexibility index (Phi) is 5.29. The summed E-state index contributed by atoms with van der Waals surface area (Å²) in [5.41, 5.74) is 4.66. The Hall–Kier alpha value is -1.48. The minimum Gasteiger partial charge on any atom is -0.496 e. The molecule has 112 valence electrons. The van der Waals surface area contributed by atoms with Gasteiger partial charge < -0.3 is 9.47 Å². The topological polar surface area (TPSA) is 18.5 Å². The van der Waals surface area contributed by atoms with Crippen molar-refractivity contribution in [1.82, 2.24) is 0 Å². The quantitative estimate of drug-likeness (QED) is 0.691. The van der Waals surface area contributed by atoms with E-state index in [4.69, 9.17) is 9.47 Å². The monoisotopic (exact) mass is 348 g/mol. The molecule has 0 N–H and O–H groups in total. The summed E-state index contributed by atoms with van der Waals surface area (Å²) in [5, 5.41) is 0. The molecule has 2 aromatic rings. The maximum Gasteiger partial charge on any atom is 0.123 e. The SMILES string of the molecule is CCOc1ccc(C)cc1C(Br)c1cc(C)ccc1OC. The minimum atomic E-state index is 0.0359. The Bertz CT molecular complexity index is 623. The number of rotatable bonds is 5. The molecule has 2 nitrogen and oxygen atoms in total. The second-order valence-corrected chi connectivity index (χ2v) is 6.00. The standard InChI is InChI=1S/C18H21BrO2/c1-5-21-17-9-7-13(3)11-15(17)18(19)14-10-12(2)6-8-16(14)20-4/h6-11,18H,5H2,1-4H3. The van der Waals surface area contributed by atoms with E-state index in [0.29, 0.717) is 6.61 Å². The van der Waals surface area contributed by atoms with Crippen molar-refractivity contribution in [3.8, 4) is 11.5 Å². The molecule has 0 aromatic heterocycles. The van der Waals surface area contributed by atoms with Gasteiger partial charge in [0, 0.05) is 11.1 Å². The fourth-order valence-corrected chi connectivity index (χ4v) is 3.09. The first-order valence-electron chi connectivity index (χ1n) is 7.08. The predicted octanol–water partition coefficient (Wildman–Crippen LogP) is 5.20. The molecule has 0 saturated carbocycles. The summed E-state index contributed by atoms with van der Waals surface area (Å²) in [4.78, 5) is 0.0359. The molecule has 2 rings (SSSR count). The Morgan fingerprint density at radius 3 is 2.00 bits per heavy atom. The van der Waals surface area contributed by atoms with Crippen LogP contribution >= 0.6 is 15.9 Å². The summed E-state index contributed by atoms with van der Waals surface area (Å²) in [6.45, 7) is 6.83. The second-order valence-electron chi connectivity index (χ2n) is 5.08. The maximum atomic E-state index is 5.77. The van der Waals surface area contributed by atoms with E-state index in [2.05, 4.69) is 54.0 Å². The van der Waals surface area contributed by atoms with Crippen LogP contribution in [0, 0.1) is 13.8 Å².